The zero-order chi connectivity index (χ0) is 55.1. The lowest BCUT2D eigenvalue weighted by molar-refractivity contribution is 0.589. The molecule has 360 valence electrons. The van der Waals surface area contributed by atoms with Gasteiger partial charge in [0.25, 0.3) is 6.71 Å². The summed E-state index contributed by atoms with van der Waals surface area (Å²) in [5.74, 6) is 0. The van der Waals surface area contributed by atoms with Gasteiger partial charge in [-0.1, -0.05) is 203 Å². The van der Waals surface area contributed by atoms with E-state index >= 15 is 0 Å². The molecule has 2 heterocycles. The van der Waals surface area contributed by atoms with E-state index in [0.29, 0.717) is 11.4 Å². The number of rotatable bonds is 6. The van der Waals surface area contributed by atoms with E-state index in [9.17, 15) is 2.74 Å². The summed E-state index contributed by atoms with van der Waals surface area (Å²) >= 11 is 0. The van der Waals surface area contributed by atoms with Gasteiger partial charge in [-0.25, -0.2) is 0 Å². The highest BCUT2D eigenvalue weighted by Crippen LogP contribution is 2.53. The van der Waals surface area contributed by atoms with Crippen molar-refractivity contribution < 1.29 is 6.85 Å². The number of anilines is 9. The van der Waals surface area contributed by atoms with Gasteiger partial charge in [-0.05, 0) is 150 Å². The Balaban J connectivity index is 1.20. The normalized spacial score (nSPS) is 15.2. The van der Waals surface area contributed by atoms with Crippen molar-refractivity contribution in [2.24, 2.45) is 0 Å². The van der Waals surface area contributed by atoms with Crippen LogP contribution < -0.4 is 31.1 Å². The standard InChI is InChI=1S/C69H66BN3/c1-66(2,3)46-30-33-50(34-31-46)72-61-39-32-47(67(4,5)6)40-59(61)70-58-38-36-52(71(49-24-16-13-17-25-49)60-29-21-19-26-53(60)45-22-14-12-15-23-45)44-62(58)73(64-42-48(68(7,8)9)41-63(72)65(64)70)51-35-37-55-54-27-18-20-28-56(54)69(10,11)57(55)43-51/h12-44H,1-11H3/i13D,16D,17D,24D,25D. The number of nitrogens with zero attached hydrogens (tertiary/aromatic N) is 3. The summed E-state index contributed by atoms with van der Waals surface area (Å²) in [5.41, 5.74) is 21.1. The number of hydrogen-bond donors (Lipinski definition) is 0. The lowest BCUT2D eigenvalue weighted by Gasteiger charge is -2.46. The number of hydrogen-bond acceptors (Lipinski definition) is 3. The van der Waals surface area contributed by atoms with Crippen LogP contribution in [0.4, 0.5) is 51.2 Å². The van der Waals surface area contributed by atoms with Crippen molar-refractivity contribution in [2.75, 3.05) is 14.7 Å². The molecule has 3 aliphatic rings. The lowest BCUT2D eigenvalue weighted by Crippen LogP contribution is -2.61. The fourth-order valence-electron chi connectivity index (χ4n) is 11.8. The van der Waals surface area contributed by atoms with Crippen LogP contribution in [-0.2, 0) is 21.7 Å². The Labute approximate surface area is 441 Å². The molecule has 1 aliphatic carbocycles. The Morgan fingerprint density at radius 3 is 1.71 bits per heavy atom. The summed E-state index contributed by atoms with van der Waals surface area (Å²) < 4.78 is 46.0. The monoisotopic (exact) mass is 953 g/mol. The quantitative estimate of drug-likeness (QED) is 0.154. The second kappa shape index (κ2) is 16.8. The highest BCUT2D eigenvalue weighted by atomic mass is 15.2. The molecule has 0 saturated carbocycles. The smallest absolute Gasteiger partial charge is 0.252 e. The summed E-state index contributed by atoms with van der Waals surface area (Å²) in [6.07, 6.45) is 0. The second-order valence-corrected chi connectivity index (χ2v) is 23.9. The summed E-state index contributed by atoms with van der Waals surface area (Å²) in [6, 6.07) is 59.7. The van der Waals surface area contributed by atoms with Crippen molar-refractivity contribution in [1.29, 1.82) is 0 Å². The van der Waals surface area contributed by atoms with Gasteiger partial charge in [-0.15, -0.1) is 0 Å². The van der Waals surface area contributed by atoms with Gasteiger partial charge in [0.2, 0.25) is 0 Å². The van der Waals surface area contributed by atoms with Gasteiger partial charge in [0.05, 0.1) is 12.5 Å². The van der Waals surface area contributed by atoms with E-state index in [2.05, 4.69) is 213 Å². The molecule has 0 N–H and O–H groups in total. The molecule has 0 spiro atoms. The second-order valence-electron chi connectivity index (χ2n) is 23.9. The number of para-hydroxylation sites is 2. The van der Waals surface area contributed by atoms with Crippen LogP contribution in [0, 0.1) is 0 Å². The Bertz CT molecular complexity index is 3890. The minimum absolute atomic E-state index is 0.0209. The number of benzene rings is 9. The first-order valence-corrected chi connectivity index (χ1v) is 25.9. The lowest BCUT2D eigenvalue weighted by atomic mass is 9.33. The van der Waals surface area contributed by atoms with Gasteiger partial charge in [0.15, 0.2) is 0 Å². The van der Waals surface area contributed by atoms with Crippen molar-refractivity contribution in [3.63, 3.8) is 0 Å². The SMILES string of the molecule is [2H]c1c([2H])c([2H])c(N(c2ccc3c(c2)N(c2ccc4c(c2)C(C)(C)c2ccccc2-4)c2cc(C(C)(C)C)cc4c2B3c2cc(C(C)(C)C)ccc2N4c2ccc(C(C)(C)C)cc2)c2ccccc2-c2ccccc2)c([2H])c1[2H]. The maximum atomic E-state index is 9.59. The molecular weight excluding hydrogens is 882 g/mol. The Morgan fingerprint density at radius 2 is 1.03 bits per heavy atom. The molecular formula is C69H66BN3. The minimum Gasteiger partial charge on any atom is -0.311 e. The maximum Gasteiger partial charge on any atom is 0.252 e. The Hall–Kier alpha value is -7.56. The maximum absolute atomic E-state index is 9.59. The molecule has 12 rings (SSSR count). The van der Waals surface area contributed by atoms with Crippen LogP contribution in [0.5, 0.6) is 0 Å². The molecule has 4 heteroatoms. The number of fused-ring (bicyclic) bond motifs is 7. The van der Waals surface area contributed by atoms with Crippen molar-refractivity contribution in [3.05, 3.63) is 228 Å². The van der Waals surface area contributed by atoms with E-state index in [4.69, 9.17) is 4.11 Å². The zero-order valence-corrected chi connectivity index (χ0v) is 44.1. The predicted octanol–water partition coefficient (Wildman–Crippen LogP) is 17.1. The first-order chi connectivity index (χ1) is 36.9. The first-order valence-electron chi connectivity index (χ1n) is 28.4. The van der Waals surface area contributed by atoms with Crippen molar-refractivity contribution in [3.8, 4) is 22.3 Å². The highest BCUT2D eigenvalue weighted by Gasteiger charge is 2.46. The molecule has 2 aliphatic heterocycles. The van der Waals surface area contributed by atoms with E-state index in [0.717, 1.165) is 50.7 Å². The van der Waals surface area contributed by atoms with E-state index in [-0.39, 0.29) is 46.1 Å². The molecule has 3 nitrogen and oxygen atoms in total. The van der Waals surface area contributed by atoms with Crippen LogP contribution in [0.15, 0.2) is 200 Å². The van der Waals surface area contributed by atoms with Gasteiger partial charge in [-0.3, -0.25) is 0 Å². The van der Waals surface area contributed by atoms with Crippen LogP contribution in [0.2, 0.25) is 0 Å². The molecule has 0 bridgehead atoms. The van der Waals surface area contributed by atoms with Crippen LogP contribution in [0.25, 0.3) is 22.3 Å². The summed E-state index contributed by atoms with van der Waals surface area (Å²) in [7, 11) is 0. The molecule has 0 amide bonds. The predicted molar refractivity (Wildman–Crippen MR) is 314 cm³/mol. The van der Waals surface area contributed by atoms with Gasteiger partial charge in [0.1, 0.15) is 0 Å². The van der Waals surface area contributed by atoms with Crippen LogP contribution in [-0.4, -0.2) is 6.71 Å². The molecule has 9 aromatic rings. The van der Waals surface area contributed by atoms with Gasteiger partial charge in [0, 0.05) is 56.5 Å². The van der Waals surface area contributed by atoms with E-state index in [1.807, 2.05) is 47.4 Å². The van der Waals surface area contributed by atoms with Gasteiger partial charge < -0.3 is 14.7 Å². The van der Waals surface area contributed by atoms with Crippen molar-refractivity contribution in [2.45, 2.75) is 97.8 Å². The van der Waals surface area contributed by atoms with E-state index in [1.165, 1.54) is 49.9 Å². The summed E-state index contributed by atoms with van der Waals surface area (Å²) in [4.78, 5) is 6.86. The zero-order valence-electron chi connectivity index (χ0n) is 49.1. The first kappa shape index (κ1) is 41.0. The van der Waals surface area contributed by atoms with E-state index < -0.39 is 18.1 Å². The van der Waals surface area contributed by atoms with Crippen LogP contribution in [0.1, 0.15) is 111 Å². The van der Waals surface area contributed by atoms with Crippen LogP contribution >= 0.6 is 0 Å². The van der Waals surface area contributed by atoms with Gasteiger partial charge in [-0.2, -0.15) is 0 Å². The molecule has 0 aromatic heterocycles. The van der Waals surface area contributed by atoms with Crippen LogP contribution in [0.3, 0.4) is 0 Å². The fraction of sp³-hybridized carbons (Fsp3) is 0.217. The molecule has 0 unspecified atom stereocenters. The third-order valence-electron chi connectivity index (χ3n) is 15.8. The molecule has 0 radical (unpaired) electrons. The van der Waals surface area contributed by atoms with E-state index in [1.54, 1.807) is 0 Å². The molecule has 0 fully saturated rings. The summed E-state index contributed by atoms with van der Waals surface area (Å²) in [6.45, 7) is 25.0. The Kier molecular flexibility index (Phi) is 9.40. The topological polar surface area (TPSA) is 9.72 Å². The molecule has 73 heavy (non-hydrogen) atoms. The third kappa shape index (κ3) is 7.63. The Morgan fingerprint density at radius 1 is 0.438 bits per heavy atom. The summed E-state index contributed by atoms with van der Waals surface area (Å²) in [5, 5.41) is 0. The average Bonchev–Trinajstić information content (AvgIpc) is 2.14. The fourth-order valence-corrected chi connectivity index (χ4v) is 11.8. The average molecular weight is 953 g/mol. The molecule has 0 saturated heterocycles. The van der Waals surface area contributed by atoms with Gasteiger partial charge >= 0.3 is 0 Å². The third-order valence-corrected chi connectivity index (χ3v) is 15.8. The highest BCUT2D eigenvalue weighted by molar-refractivity contribution is 7.00. The largest absolute Gasteiger partial charge is 0.311 e. The van der Waals surface area contributed by atoms with Crippen molar-refractivity contribution >= 4 is 74.3 Å². The molecule has 9 aromatic carbocycles. The minimum atomic E-state index is -0.435. The van der Waals surface area contributed by atoms with Crippen molar-refractivity contribution in [1.82, 2.24) is 0 Å². The molecule has 0 atom stereocenters.